The first-order valence-corrected chi connectivity index (χ1v) is 7.87. The summed E-state index contributed by atoms with van der Waals surface area (Å²) in [6.45, 7) is 3.41. The van der Waals surface area contributed by atoms with Crippen LogP contribution in [0.25, 0.3) is 0 Å². The number of carbonyl (C=O) groups is 2. The summed E-state index contributed by atoms with van der Waals surface area (Å²) in [5.74, 6) is -0.945. The van der Waals surface area contributed by atoms with Gasteiger partial charge in [0.05, 0.1) is 17.8 Å². The zero-order valence-corrected chi connectivity index (χ0v) is 14.9. The lowest BCUT2D eigenvalue weighted by molar-refractivity contribution is -0.119. The molecular weight excluding hydrogens is 344 g/mol. The van der Waals surface area contributed by atoms with Crippen molar-refractivity contribution in [1.82, 2.24) is 0 Å². The fourth-order valence-electron chi connectivity index (χ4n) is 2.18. The minimum Gasteiger partial charge on any atom is -0.496 e. The maximum atomic E-state index is 12.2. The highest BCUT2D eigenvalue weighted by atomic mass is 35.5. The Labute approximate surface area is 150 Å². The van der Waals surface area contributed by atoms with Gasteiger partial charge in [-0.05, 0) is 37.1 Å². The van der Waals surface area contributed by atoms with E-state index in [1.807, 2.05) is 26.0 Å². The summed E-state index contributed by atoms with van der Waals surface area (Å²) < 4.78 is 10.1. The number of hydrogen-bond acceptors (Lipinski definition) is 5. The number of nitrogens with two attached hydrogens (primary N) is 1. The van der Waals surface area contributed by atoms with Gasteiger partial charge >= 0.3 is 5.97 Å². The van der Waals surface area contributed by atoms with Crippen LogP contribution in [0.15, 0.2) is 30.3 Å². The number of amides is 1. The van der Waals surface area contributed by atoms with Gasteiger partial charge in [0.25, 0.3) is 5.91 Å². The second kappa shape index (κ2) is 7.90. The SMILES string of the molecule is COc1cc(N)c(Cl)cc1C(=O)OCC(=O)Nc1cccc(C)c1C. The van der Waals surface area contributed by atoms with Gasteiger partial charge in [-0.1, -0.05) is 23.7 Å². The van der Waals surface area contributed by atoms with Crippen LogP contribution >= 0.6 is 11.6 Å². The maximum absolute atomic E-state index is 12.2. The van der Waals surface area contributed by atoms with Crippen LogP contribution in [-0.2, 0) is 9.53 Å². The average Bonchev–Trinajstić information content (AvgIpc) is 2.58. The van der Waals surface area contributed by atoms with Crippen LogP contribution in [0.1, 0.15) is 21.5 Å². The summed E-state index contributed by atoms with van der Waals surface area (Å²) in [5.41, 5.74) is 8.73. The standard InChI is InChI=1S/C18H19ClN2O4/c1-10-5-4-6-15(11(10)2)21-17(22)9-25-18(23)12-7-13(19)14(20)8-16(12)24-3/h4-8H,9,20H2,1-3H3,(H,21,22). The van der Waals surface area contributed by atoms with Crippen LogP contribution in [0.4, 0.5) is 11.4 Å². The number of nitrogen functional groups attached to an aromatic ring is 1. The van der Waals surface area contributed by atoms with Crippen LogP contribution in [0.2, 0.25) is 5.02 Å². The molecule has 6 nitrogen and oxygen atoms in total. The van der Waals surface area contributed by atoms with Crippen molar-refractivity contribution in [1.29, 1.82) is 0 Å². The number of ether oxygens (including phenoxy) is 2. The van der Waals surface area contributed by atoms with E-state index in [1.165, 1.54) is 19.2 Å². The maximum Gasteiger partial charge on any atom is 0.342 e. The molecular formula is C18H19ClN2O4. The molecule has 0 aliphatic rings. The van der Waals surface area contributed by atoms with E-state index in [0.29, 0.717) is 5.69 Å². The van der Waals surface area contributed by atoms with E-state index in [9.17, 15) is 9.59 Å². The normalized spacial score (nSPS) is 10.2. The molecule has 0 spiro atoms. The van der Waals surface area contributed by atoms with Crippen LogP contribution in [0.3, 0.4) is 0 Å². The zero-order chi connectivity index (χ0) is 18.6. The molecule has 2 rings (SSSR count). The molecule has 0 aliphatic heterocycles. The molecule has 0 aliphatic carbocycles. The quantitative estimate of drug-likeness (QED) is 0.628. The van der Waals surface area contributed by atoms with E-state index in [0.717, 1.165) is 11.1 Å². The Kier molecular flexibility index (Phi) is 5.88. The molecule has 2 aromatic carbocycles. The Bertz CT molecular complexity index is 821. The zero-order valence-electron chi connectivity index (χ0n) is 14.2. The van der Waals surface area contributed by atoms with E-state index in [1.54, 1.807) is 6.07 Å². The number of carbonyl (C=O) groups excluding carboxylic acids is 2. The van der Waals surface area contributed by atoms with Gasteiger partial charge in [0.15, 0.2) is 6.61 Å². The lowest BCUT2D eigenvalue weighted by Gasteiger charge is -2.12. The first kappa shape index (κ1) is 18.6. The number of benzene rings is 2. The molecule has 132 valence electrons. The van der Waals surface area contributed by atoms with Crippen LogP contribution in [-0.4, -0.2) is 25.6 Å². The van der Waals surface area contributed by atoms with E-state index in [2.05, 4.69) is 5.32 Å². The third-order valence-corrected chi connectivity index (χ3v) is 4.08. The van der Waals surface area contributed by atoms with Gasteiger partial charge in [0.2, 0.25) is 0 Å². The second-order valence-corrected chi connectivity index (χ2v) is 5.85. The van der Waals surface area contributed by atoms with Crippen molar-refractivity contribution in [2.24, 2.45) is 0 Å². The third kappa shape index (κ3) is 4.42. The first-order chi connectivity index (χ1) is 11.8. The highest BCUT2D eigenvalue weighted by Gasteiger charge is 2.18. The highest BCUT2D eigenvalue weighted by Crippen LogP contribution is 2.29. The fourth-order valence-corrected chi connectivity index (χ4v) is 2.34. The van der Waals surface area contributed by atoms with Gasteiger partial charge in [-0.25, -0.2) is 4.79 Å². The molecule has 0 saturated heterocycles. The number of hydrogen-bond donors (Lipinski definition) is 2. The number of halogens is 1. The average molecular weight is 363 g/mol. The first-order valence-electron chi connectivity index (χ1n) is 7.49. The van der Waals surface area contributed by atoms with Gasteiger partial charge in [0.1, 0.15) is 11.3 Å². The molecule has 1 amide bonds. The smallest absolute Gasteiger partial charge is 0.342 e. The predicted molar refractivity (Wildman–Crippen MR) is 97.2 cm³/mol. The highest BCUT2D eigenvalue weighted by molar-refractivity contribution is 6.33. The summed E-state index contributed by atoms with van der Waals surface area (Å²) in [6.07, 6.45) is 0. The molecule has 2 aromatic rings. The second-order valence-electron chi connectivity index (χ2n) is 5.45. The molecule has 0 aromatic heterocycles. The Morgan fingerprint density at radius 3 is 2.64 bits per heavy atom. The van der Waals surface area contributed by atoms with E-state index < -0.39 is 18.5 Å². The molecule has 0 heterocycles. The molecule has 0 saturated carbocycles. The third-order valence-electron chi connectivity index (χ3n) is 3.75. The van der Waals surface area contributed by atoms with E-state index >= 15 is 0 Å². The number of nitrogens with one attached hydrogen (secondary N) is 1. The molecule has 25 heavy (non-hydrogen) atoms. The lowest BCUT2D eigenvalue weighted by Crippen LogP contribution is -2.21. The molecule has 7 heteroatoms. The molecule has 0 fully saturated rings. The topological polar surface area (TPSA) is 90.7 Å². The van der Waals surface area contributed by atoms with Gasteiger partial charge < -0.3 is 20.5 Å². The monoisotopic (exact) mass is 362 g/mol. The number of rotatable bonds is 5. The van der Waals surface area contributed by atoms with Crippen LogP contribution < -0.4 is 15.8 Å². The number of anilines is 2. The summed E-state index contributed by atoms with van der Waals surface area (Å²) in [4.78, 5) is 24.2. The molecule has 3 N–H and O–H groups in total. The van der Waals surface area contributed by atoms with Crippen molar-refractivity contribution in [2.75, 3.05) is 24.8 Å². The minimum absolute atomic E-state index is 0.0984. The van der Waals surface area contributed by atoms with Crippen molar-refractivity contribution < 1.29 is 19.1 Å². The van der Waals surface area contributed by atoms with Gasteiger partial charge in [-0.15, -0.1) is 0 Å². The van der Waals surface area contributed by atoms with Gasteiger partial charge in [-0.3, -0.25) is 4.79 Å². The Balaban J connectivity index is 2.04. The van der Waals surface area contributed by atoms with Gasteiger partial charge in [-0.2, -0.15) is 0 Å². The Morgan fingerprint density at radius 2 is 1.96 bits per heavy atom. The summed E-state index contributed by atoms with van der Waals surface area (Å²) in [7, 11) is 1.40. The molecule has 0 atom stereocenters. The van der Waals surface area contributed by atoms with E-state index in [4.69, 9.17) is 26.8 Å². The Morgan fingerprint density at radius 1 is 1.24 bits per heavy atom. The van der Waals surface area contributed by atoms with Crippen LogP contribution in [0, 0.1) is 13.8 Å². The van der Waals surface area contributed by atoms with Crippen molar-refractivity contribution in [2.45, 2.75) is 13.8 Å². The minimum atomic E-state index is -0.727. The predicted octanol–water partition coefficient (Wildman–Crippen LogP) is 3.34. The van der Waals surface area contributed by atoms with Crippen molar-refractivity contribution in [3.8, 4) is 5.75 Å². The summed E-state index contributed by atoms with van der Waals surface area (Å²) in [6, 6.07) is 8.34. The van der Waals surface area contributed by atoms with Gasteiger partial charge in [0, 0.05) is 11.8 Å². The van der Waals surface area contributed by atoms with Crippen molar-refractivity contribution >= 4 is 34.9 Å². The molecule has 0 bridgehead atoms. The van der Waals surface area contributed by atoms with E-state index in [-0.39, 0.29) is 22.0 Å². The Hall–Kier alpha value is -2.73. The van der Waals surface area contributed by atoms with Crippen LogP contribution in [0.5, 0.6) is 5.75 Å². The number of methoxy groups -OCH3 is 1. The summed E-state index contributed by atoms with van der Waals surface area (Å²) in [5, 5.41) is 2.91. The molecule has 0 unspecified atom stereocenters. The van der Waals surface area contributed by atoms with Crippen molar-refractivity contribution in [3.05, 3.63) is 52.0 Å². The molecule has 0 radical (unpaired) electrons. The number of aryl methyl sites for hydroxylation is 1. The van der Waals surface area contributed by atoms with Crippen molar-refractivity contribution in [3.63, 3.8) is 0 Å². The fraction of sp³-hybridized carbons (Fsp3) is 0.222. The number of esters is 1. The summed E-state index contributed by atoms with van der Waals surface area (Å²) >= 11 is 5.92. The lowest BCUT2D eigenvalue weighted by atomic mass is 10.1. The largest absolute Gasteiger partial charge is 0.496 e.